The SMILES string of the molecule is CCNC(c1cc(C)cc(Cl)c1)c1cc(C)c(F)c(C)c1. The van der Waals surface area contributed by atoms with E-state index in [1.54, 1.807) is 13.8 Å². The third-order valence-corrected chi connectivity index (χ3v) is 3.82. The van der Waals surface area contributed by atoms with Gasteiger partial charge in [0.2, 0.25) is 0 Å². The molecule has 1 unspecified atom stereocenters. The molecule has 0 aliphatic rings. The summed E-state index contributed by atoms with van der Waals surface area (Å²) in [5.74, 6) is -0.128. The zero-order valence-corrected chi connectivity index (χ0v) is 13.7. The molecule has 3 heteroatoms. The van der Waals surface area contributed by atoms with Gasteiger partial charge >= 0.3 is 0 Å². The van der Waals surface area contributed by atoms with Gasteiger partial charge in [-0.15, -0.1) is 0 Å². The Morgan fingerprint density at radius 1 is 1.00 bits per heavy atom. The Hall–Kier alpha value is -1.38. The molecule has 0 bridgehead atoms. The Labute approximate surface area is 131 Å². The van der Waals surface area contributed by atoms with Crippen LogP contribution in [-0.2, 0) is 0 Å². The molecule has 1 atom stereocenters. The molecule has 2 aromatic carbocycles. The highest BCUT2D eigenvalue weighted by Gasteiger charge is 2.16. The number of hydrogen-bond donors (Lipinski definition) is 1. The lowest BCUT2D eigenvalue weighted by molar-refractivity contribution is 0.598. The second kappa shape index (κ2) is 6.59. The van der Waals surface area contributed by atoms with Crippen LogP contribution in [0.4, 0.5) is 4.39 Å². The van der Waals surface area contributed by atoms with E-state index in [0.717, 1.165) is 28.3 Å². The molecule has 2 aromatic rings. The van der Waals surface area contributed by atoms with E-state index in [0.29, 0.717) is 11.1 Å². The Morgan fingerprint density at radius 2 is 1.57 bits per heavy atom. The molecule has 1 nitrogen and oxygen atoms in total. The van der Waals surface area contributed by atoms with E-state index in [1.807, 2.05) is 31.2 Å². The monoisotopic (exact) mass is 305 g/mol. The minimum absolute atomic E-state index is 0.0189. The van der Waals surface area contributed by atoms with Crippen molar-refractivity contribution in [1.82, 2.24) is 5.32 Å². The zero-order valence-electron chi connectivity index (χ0n) is 12.9. The first-order valence-corrected chi connectivity index (χ1v) is 7.57. The predicted octanol–water partition coefficient (Wildman–Crippen LogP) is 5.10. The van der Waals surface area contributed by atoms with Crippen molar-refractivity contribution >= 4 is 11.6 Å². The summed E-state index contributed by atoms with van der Waals surface area (Å²) in [6.07, 6.45) is 0. The normalized spacial score (nSPS) is 12.5. The minimum atomic E-state index is -0.128. The minimum Gasteiger partial charge on any atom is -0.307 e. The molecule has 21 heavy (non-hydrogen) atoms. The molecular formula is C18H21ClFN. The van der Waals surface area contributed by atoms with Crippen LogP contribution in [0.2, 0.25) is 5.02 Å². The van der Waals surface area contributed by atoms with Gasteiger partial charge in [0.25, 0.3) is 0 Å². The van der Waals surface area contributed by atoms with Crippen molar-refractivity contribution in [2.45, 2.75) is 33.7 Å². The second-order valence-electron chi connectivity index (χ2n) is 5.52. The van der Waals surface area contributed by atoms with Gasteiger partial charge in [-0.1, -0.05) is 36.7 Å². The summed E-state index contributed by atoms with van der Waals surface area (Å²) in [6.45, 7) is 8.52. The molecule has 1 N–H and O–H groups in total. The molecule has 112 valence electrons. The van der Waals surface area contributed by atoms with Crippen LogP contribution in [0.15, 0.2) is 30.3 Å². The van der Waals surface area contributed by atoms with Crippen LogP contribution in [0, 0.1) is 26.6 Å². The average molecular weight is 306 g/mol. The molecule has 2 rings (SSSR count). The van der Waals surface area contributed by atoms with Gasteiger partial charge in [-0.05, 0) is 67.3 Å². The van der Waals surface area contributed by atoms with Crippen LogP contribution in [-0.4, -0.2) is 6.54 Å². The third-order valence-electron chi connectivity index (χ3n) is 3.60. The Balaban J connectivity index is 2.53. The first-order valence-electron chi connectivity index (χ1n) is 7.19. The lowest BCUT2D eigenvalue weighted by Crippen LogP contribution is -2.22. The van der Waals surface area contributed by atoms with Gasteiger partial charge in [0.15, 0.2) is 0 Å². The summed E-state index contributed by atoms with van der Waals surface area (Å²) >= 11 is 6.18. The van der Waals surface area contributed by atoms with Crippen molar-refractivity contribution in [3.05, 3.63) is 69.0 Å². The number of nitrogens with one attached hydrogen (secondary N) is 1. The fraction of sp³-hybridized carbons (Fsp3) is 0.333. The Morgan fingerprint density at radius 3 is 2.10 bits per heavy atom. The van der Waals surface area contributed by atoms with E-state index in [-0.39, 0.29) is 11.9 Å². The molecule has 0 aliphatic carbocycles. The fourth-order valence-electron chi connectivity index (χ4n) is 2.71. The first-order chi connectivity index (χ1) is 9.92. The molecule has 0 aromatic heterocycles. The average Bonchev–Trinajstić information content (AvgIpc) is 2.40. The maximum absolute atomic E-state index is 13.8. The smallest absolute Gasteiger partial charge is 0.129 e. The van der Waals surface area contributed by atoms with E-state index in [4.69, 9.17) is 11.6 Å². The number of hydrogen-bond acceptors (Lipinski definition) is 1. The number of aryl methyl sites for hydroxylation is 3. The highest BCUT2D eigenvalue weighted by Crippen LogP contribution is 2.28. The van der Waals surface area contributed by atoms with Crippen molar-refractivity contribution in [2.75, 3.05) is 6.54 Å². The van der Waals surface area contributed by atoms with Gasteiger partial charge in [-0.25, -0.2) is 4.39 Å². The molecule has 0 fully saturated rings. The summed E-state index contributed by atoms with van der Waals surface area (Å²) in [6, 6.07) is 9.86. The van der Waals surface area contributed by atoms with Crippen molar-refractivity contribution in [3.63, 3.8) is 0 Å². The van der Waals surface area contributed by atoms with E-state index in [1.165, 1.54) is 0 Å². The molecule has 0 aliphatic heterocycles. The number of halogens is 2. The van der Waals surface area contributed by atoms with Crippen LogP contribution in [0.1, 0.15) is 40.8 Å². The summed E-state index contributed by atoms with van der Waals surface area (Å²) in [5.41, 5.74) is 4.64. The first kappa shape index (κ1) is 16.0. The van der Waals surface area contributed by atoms with Gasteiger partial charge in [-0.3, -0.25) is 0 Å². The lowest BCUT2D eigenvalue weighted by atomic mass is 9.94. The van der Waals surface area contributed by atoms with Crippen molar-refractivity contribution in [3.8, 4) is 0 Å². The topological polar surface area (TPSA) is 12.0 Å². The quantitative estimate of drug-likeness (QED) is 0.828. The zero-order chi connectivity index (χ0) is 15.6. The standard InChI is InChI=1S/C18H21ClFN/c1-5-21-18(14-6-11(2)7-16(19)10-14)15-8-12(3)17(20)13(4)9-15/h6-10,18,21H,5H2,1-4H3. The largest absolute Gasteiger partial charge is 0.307 e. The fourth-order valence-corrected chi connectivity index (χ4v) is 3.01. The molecule has 0 radical (unpaired) electrons. The van der Waals surface area contributed by atoms with Crippen LogP contribution in [0.3, 0.4) is 0 Å². The van der Waals surface area contributed by atoms with Crippen molar-refractivity contribution < 1.29 is 4.39 Å². The van der Waals surface area contributed by atoms with Gasteiger partial charge in [0.05, 0.1) is 6.04 Å². The van der Waals surface area contributed by atoms with Crippen molar-refractivity contribution in [2.24, 2.45) is 0 Å². The number of benzene rings is 2. The van der Waals surface area contributed by atoms with Gasteiger partial charge < -0.3 is 5.32 Å². The van der Waals surface area contributed by atoms with Crippen molar-refractivity contribution in [1.29, 1.82) is 0 Å². The highest BCUT2D eigenvalue weighted by molar-refractivity contribution is 6.30. The second-order valence-corrected chi connectivity index (χ2v) is 5.96. The number of rotatable bonds is 4. The molecule has 0 heterocycles. The van der Waals surface area contributed by atoms with Gasteiger partial charge in [0.1, 0.15) is 5.82 Å². The molecule has 0 amide bonds. The van der Waals surface area contributed by atoms with E-state index in [2.05, 4.69) is 18.3 Å². The summed E-state index contributed by atoms with van der Waals surface area (Å²) in [5, 5.41) is 4.19. The maximum Gasteiger partial charge on any atom is 0.129 e. The highest BCUT2D eigenvalue weighted by atomic mass is 35.5. The third kappa shape index (κ3) is 3.63. The van der Waals surface area contributed by atoms with Crippen LogP contribution in [0.25, 0.3) is 0 Å². The van der Waals surface area contributed by atoms with E-state index in [9.17, 15) is 4.39 Å². The molecule has 0 spiro atoms. The van der Waals surface area contributed by atoms with Crippen LogP contribution >= 0.6 is 11.6 Å². The summed E-state index contributed by atoms with van der Waals surface area (Å²) in [4.78, 5) is 0. The maximum atomic E-state index is 13.8. The summed E-state index contributed by atoms with van der Waals surface area (Å²) < 4.78 is 13.8. The Kier molecular flexibility index (Phi) is 5.02. The lowest BCUT2D eigenvalue weighted by Gasteiger charge is -2.21. The van der Waals surface area contributed by atoms with E-state index >= 15 is 0 Å². The Bertz CT molecular complexity index is 608. The van der Waals surface area contributed by atoms with Crippen LogP contribution in [0.5, 0.6) is 0 Å². The molecule has 0 saturated heterocycles. The predicted molar refractivity (Wildman–Crippen MR) is 87.6 cm³/mol. The molecular weight excluding hydrogens is 285 g/mol. The van der Waals surface area contributed by atoms with Gasteiger partial charge in [-0.2, -0.15) is 0 Å². The van der Waals surface area contributed by atoms with Crippen LogP contribution < -0.4 is 5.32 Å². The van der Waals surface area contributed by atoms with Gasteiger partial charge in [0, 0.05) is 5.02 Å². The van der Waals surface area contributed by atoms with E-state index < -0.39 is 0 Å². The summed E-state index contributed by atoms with van der Waals surface area (Å²) in [7, 11) is 0. The molecule has 0 saturated carbocycles.